The molecule has 1 aliphatic heterocycles. The van der Waals surface area contributed by atoms with Gasteiger partial charge in [-0.2, -0.15) is 0 Å². The second-order valence-corrected chi connectivity index (χ2v) is 3.65. The van der Waals surface area contributed by atoms with Gasteiger partial charge >= 0.3 is 0 Å². The van der Waals surface area contributed by atoms with E-state index in [9.17, 15) is 4.79 Å². The van der Waals surface area contributed by atoms with Gasteiger partial charge in [-0.15, -0.1) is 0 Å². The van der Waals surface area contributed by atoms with Crippen molar-refractivity contribution in [2.75, 3.05) is 32.8 Å². The van der Waals surface area contributed by atoms with Crippen molar-refractivity contribution >= 4 is 5.91 Å². The lowest BCUT2D eigenvalue weighted by Gasteiger charge is -2.26. The molecule has 0 bridgehead atoms. The van der Waals surface area contributed by atoms with Gasteiger partial charge in [0.15, 0.2) is 6.29 Å². The van der Waals surface area contributed by atoms with Gasteiger partial charge in [0.2, 0.25) is 5.91 Å². The Hall–Kier alpha value is -0.650. The molecule has 0 aromatic rings. The highest BCUT2D eigenvalue weighted by Gasteiger charge is 2.15. The fourth-order valence-corrected chi connectivity index (χ4v) is 1.56. The molecular formula is C10H20N2O3. The van der Waals surface area contributed by atoms with Crippen molar-refractivity contribution in [1.82, 2.24) is 4.90 Å². The SMILES string of the molecule is CCN(CCC1OCCCO1)CC(N)=O. The Morgan fingerprint density at radius 1 is 1.47 bits per heavy atom. The number of hydrogen-bond acceptors (Lipinski definition) is 4. The Labute approximate surface area is 90.5 Å². The quantitative estimate of drug-likeness (QED) is 0.676. The average Bonchev–Trinajstić information content (AvgIpc) is 2.25. The van der Waals surface area contributed by atoms with Crippen LogP contribution in [-0.2, 0) is 14.3 Å². The number of carbonyl (C=O) groups excluding carboxylic acids is 1. The van der Waals surface area contributed by atoms with Gasteiger partial charge in [0.25, 0.3) is 0 Å². The molecule has 0 spiro atoms. The van der Waals surface area contributed by atoms with E-state index in [0.29, 0.717) is 6.54 Å². The van der Waals surface area contributed by atoms with E-state index < -0.39 is 0 Å². The monoisotopic (exact) mass is 216 g/mol. The maximum atomic E-state index is 10.7. The van der Waals surface area contributed by atoms with Gasteiger partial charge in [-0.3, -0.25) is 9.69 Å². The molecule has 1 rings (SSSR count). The van der Waals surface area contributed by atoms with Crippen molar-refractivity contribution in [3.8, 4) is 0 Å². The van der Waals surface area contributed by atoms with E-state index in [-0.39, 0.29) is 12.2 Å². The molecule has 5 heteroatoms. The number of hydrogen-bond donors (Lipinski definition) is 1. The van der Waals surface area contributed by atoms with E-state index in [2.05, 4.69) is 0 Å². The summed E-state index contributed by atoms with van der Waals surface area (Å²) in [4.78, 5) is 12.7. The van der Waals surface area contributed by atoms with Gasteiger partial charge < -0.3 is 15.2 Å². The van der Waals surface area contributed by atoms with Gasteiger partial charge in [-0.25, -0.2) is 0 Å². The minimum atomic E-state index is -0.290. The topological polar surface area (TPSA) is 64.8 Å². The first-order valence-electron chi connectivity index (χ1n) is 5.46. The second-order valence-electron chi connectivity index (χ2n) is 3.65. The molecule has 1 aliphatic rings. The first-order valence-corrected chi connectivity index (χ1v) is 5.46. The van der Waals surface area contributed by atoms with Crippen LogP contribution in [0, 0.1) is 0 Å². The van der Waals surface area contributed by atoms with Crippen molar-refractivity contribution in [3.05, 3.63) is 0 Å². The summed E-state index contributed by atoms with van der Waals surface area (Å²) in [6, 6.07) is 0. The van der Waals surface area contributed by atoms with Crippen LogP contribution in [0.25, 0.3) is 0 Å². The van der Waals surface area contributed by atoms with Crippen molar-refractivity contribution in [2.24, 2.45) is 5.73 Å². The first kappa shape index (κ1) is 12.4. The van der Waals surface area contributed by atoms with Gasteiger partial charge in [-0.05, 0) is 13.0 Å². The molecule has 2 N–H and O–H groups in total. The number of likely N-dealkylation sites (N-methyl/N-ethyl adjacent to an activating group) is 1. The maximum absolute atomic E-state index is 10.7. The third-order valence-electron chi connectivity index (χ3n) is 2.40. The summed E-state index contributed by atoms with van der Waals surface area (Å²) in [5.74, 6) is -0.290. The molecule has 1 saturated heterocycles. The highest BCUT2D eigenvalue weighted by Crippen LogP contribution is 2.09. The number of nitrogens with zero attached hydrogens (tertiary/aromatic N) is 1. The van der Waals surface area contributed by atoms with E-state index >= 15 is 0 Å². The smallest absolute Gasteiger partial charge is 0.231 e. The normalized spacial score (nSPS) is 18.3. The zero-order valence-corrected chi connectivity index (χ0v) is 9.28. The van der Waals surface area contributed by atoms with Crippen molar-refractivity contribution < 1.29 is 14.3 Å². The predicted octanol–water partition coefficient (Wildman–Crippen LogP) is -0.0533. The zero-order valence-electron chi connectivity index (χ0n) is 9.28. The third kappa shape index (κ3) is 5.11. The molecule has 1 heterocycles. The maximum Gasteiger partial charge on any atom is 0.231 e. The molecule has 5 nitrogen and oxygen atoms in total. The fraction of sp³-hybridized carbons (Fsp3) is 0.900. The summed E-state index contributed by atoms with van der Waals surface area (Å²) in [5, 5.41) is 0. The van der Waals surface area contributed by atoms with E-state index in [1.807, 2.05) is 11.8 Å². The van der Waals surface area contributed by atoms with E-state index in [4.69, 9.17) is 15.2 Å². The molecule has 0 aliphatic carbocycles. The van der Waals surface area contributed by atoms with Crippen LogP contribution in [-0.4, -0.2) is 49.9 Å². The molecule has 0 aromatic carbocycles. The Morgan fingerprint density at radius 2 is 2.13 bits per heavy atom. The summed E-state index contributed by atoms with van der Waals surface area (Å²) in [5.41, 5.74) is 5.13. The van der Waals surface area contributed by atoms with Gasteiger partial charge in [0.1, 0.15) is 0 Å². The molecule has 0 saturated carbocycles. The van der Waals surface area contributed by atoms with E-state index in [0.717, 1.165) is 39.1 Å². The first-order chi connectivity index (χ1) is 7.22. The summed E-state index contributed by atoms with van der Waals surface area (Å²) >= 11 is 0. The lowest BCUT2D eigenvalue weighted by molar-refractivity contribution is -0.182. The number of carbonyl (C=O) groups is 1. The Bertz CT molecular complexity index is 193. The molecule has 1 fully saturated rings. The van der Waals surface area contributed by atoms with Crippen molar-refractivity contribution in [1.29, 1.82) is 0 Å². The molecular weight excluding hydrogens is 196 g/mol. The largest absolute Gasteiger partial charge is 0.369 e. The van der Waals surface area contributed by atoms with Gasteiger partial charge in [-0.1, -0.05) is 6.92 Å². The molecule has 15 heavy (non-hydrogen) atoms. The van der Waals surface area contributed by atoms with Crippen LogP contribution in [0.4, 0.5) is 0 Å². The minimum absolute atomic E-state index is 0.110. The van der Waals surface area contributed by atoms with Crippen LogP contribution < -0.4 is 5.73 Å². The summed E-state index contributed by atoms with van der Waals surface area (Å²) < 4.78 is 10.8. The molecule has 0 atom stereocenters. The standard InChI is InChI=1S/C10H20N2O3/c1-2-12(8-9(11)13)5-4-10-14-6-3-7-15-10/h10H,2-8H2,1H3,(H2,11,13). The lowest BCUT2D eigenvalue weighted by atomic mass is 10.3. The molecule has 0 radical (unpaired) electrons. The lowest BCUT2D eigenvalue weighted by Crippen LogP contribution is -2.37. The van der Waals surface area contributed by atoms with Crippen LogP contribution in [0.1, 0.15) is 19.8 Å². The number of ether oxygens (including phenoxy) is 2. The highest BCUT2D eigenvalue weighted by atomic mass is 16.7. The van der Waals surface area contributed by atoms with Crippen LogP contribution in [0.5, 0.6) is 0 Å². The molecule has 88 valence electrons. The minimum Gasteiger partial charge on any atom is -0.369 e. The molecule has 1 amide bonds. The van der Waals surface area contributed by atoms with Crippen LogP contribution >= 0.6 is 0 Å². The van der Waals surface area contributed by atoms with E-state index in [1.54, 1.807) is 0 Å². The van der Waals surface area contributed by atoms with Crippen LogP contribution in [0.3, 0.4) is 0 Å². The number of rotatable bonds is 6. The van der Waals surface area contributed by atoms with Gasteiger partial charge in [0, 0.05) is 13.0 Å². The third-order valence-corrected chi connectivity index (χ3v) is 2.40. The Balaban J connectivity index is 2.17. The van der Waals surface area contributed by atoms with Crippen molar-refractivity contribution in [3.63, 3.8) is 0 Å². The second kappa shape index (κ2) is 6.76. The van der Waals surface area contributed by atoms with E-state index in [1.165, 1.54) is 0 Å². The number of nitrogens with two attached hydrogens (primary N) is 1. The van der Waals surface area contributed by atoms with Crippen LogP contribution in [0.2, 0.25) is 0 Å². The average molecular weight is 216 g/mol. The number of primary amides is 1. The van der Waals surface area contributed by atoms with Crippen LogP contribution in [0.15, 0.2) is 0 Å². The van der Waals surface area contributed by atoms with Crippen molar-refractivity contribution in [2.45, 2.75) is 26.1 Å². The molecule has 0 aromatic heterocycles. The highest BCUT2D eigenvalue weighted by molar-refractivity contribution is 5.75. The Kier molecular flexibility index (Phi) is 5.60. The summed E-state index contributed by atoms with van der Waals surface area (Å²) in [6.45, 7) is 5.45. The Morgan fingerprint density at radius 3 is 2.67 bits per heavy atom. The fourth-order valence-electron chi connectivity index (χ4n) is 1.56. The summed E-state index contributed by atoms with van der Waals surface area (Å²) in [6.07, 6.45) is 1.65. The molecule has 0 unspecified atom stereocenters. The van der Waals surface area contributed by atoms with Gasteiger partial charge in [0.05, 0.1) is 19.8 Å². The number of amides is 1. The zero-order chi connectivity index (χ0) is 11.1. The summed E-state index contributed by atoms with van der Waals surface area (Å²) in [7, 11) is 0. The predicted molar refractivity (Wildman–Crippen MR) is 56.2 cm³/mol.